The molecule has 0 spiro atoms. The van der Waals surface area contributed by atoms with Gasteiger partial charge >= 0.3 is 0 Å². The van der Waals surface area contributed by atoms with Gasteiger partial charge in [-0.3, -0.25) is 14.8 Å². The lowest BCUT2D eigenvalue weighted by molar-refractivity contribution is -0.126. The molecule has 1 atom stereocenters. The Morgan fingerprint density at radius 1 is 1.30 bits per heavy atom. The summed E-state index contributed by atoms with van der Waals surface area (Å²) in [5.41, 5.74) is 1.79. The van der Waals surface area contributed by atoms with Crippen LogP contribution in [-0.2, 0) is 4.79 Å². The second kappa shape index (κ2) is 7.00. The van der Waals surface area contributed by atoms with Crippen molar-refractivity contribution in [3.05, 3.63) is 54.3 Å². The van der Waals surface area contributed by atoms with Gasteiger partial charge in [0.25, 0.3) is 0 Å². The molecular weight excluding hydrogens is 290 g/mol. The van der Waals surface area contributed by atoms with Crippen molar-refractivity contribution < 1.29 is 4.79 Å². The highest BCUT2D eigenvalue weighted by molar-refractivity contribution is 5.92. The van der Waals surface area contributed by atoms with Crippen LogP contribution in [0.25, 0.3) is 6.08 Å². The zero-order valence-electron chi connectivity index (χ0n) is 13.0. The van der Waals surface area contributed by atoms with Crippen LogP contribution in [0.2, 0.25) is 0 Å². The average Bonchev–Trinajstić information content (AvgIpc) is 3.10. The average molecular weight is 309 g/mol. The Labute approximate surface area is 135 Å². The molecule has 2 aromatic heterocycles. The maximum Gasteiger partial charge on any atom is 0.247 e. The number of hydrogen-bond donors (Lipinski definition) is 1. The summed E-state index contributed by atoms with van der Waals surface area (Å²) in [5, 5.41) is 2.98. The van der Waals surface area contributed by atoms with E-state index in [1.54, 1.807) is 30.9 Å². The molecule has 0 bridgehead atoms. The van der Waals surface area contributed by atoms with Crippen molar-refractivity contribution in [1.29, 1.82) is 0 Å². The third kappa shape index (κ3) is 3.53. The van der Waals surface area contributed by atoms with Crippen LogP contribution in [-0.4, -0.2) is 39.4 Å². The van der Waals surface area contributed by atoms with Crippen LogP contribution in [0.4, 0.5) is 5.82 Å². The van der Waals surface area contributed by atoms with Gasteiger partial charge in [-0.1, -0.05) is 0 Å². The van der Waals surface area contributed by atoms with Crippen LogP contribution in [0.3, 0.4) is 0 Å². The van der Waals surface area contributed by atoms with Crippen molar-refractivity contribution in [2.75, 3.05) is 18.9 Å². The molecule has 6 heteroatoms. The summed E-state index contributed by atoms with van der Waals surface area (Å²) < 4.78 is 0. The number of nitrogens with zero attached hydrogens (tertiary/aromatic N) is 4. The highest BCUT2D eigenvalue weighted by Gasteiger charge is 2.30. The minimum absolute atomic E-state index is 0.000901. The van der Waals surface area contributed by atoms with Crippen LogP contribution >= 0.6 is 0 Å². The van der Waals surface area contributed by atoms with Crippen molar-refractivity contribution in [3.63, 3.8) is 0 Å². The van der Waals surface area contributed by atoms with Crippen molar-refractivity contribution in [2.45, 2.75) is 18.9 Å². The highest BCUT2D eigenvalue weighted by atomic mass is 16.2. The molecule has 1 aliphatic heterocycles. The number of nitrogens with one attached hydrogen (secondary N) is 1. The van der Waals surface area contributed by atoms with Gasteiger partial charge in [-0.2, -0.15) is 0 Å². The number of rotatable bonds is 4. The summed E-state index contributed by atoms with van der Waals surface area (Å²) in [7, 11) is 1.81. The monoisotopic (exact) mass is 309 g/mol. The molecule has 1 fully saturated rings. The highest BCUT2D eigenvalue weighted by Crippen LogP contribution is 2.31. The van der Waals surface area contributed by atoms with Gasteiger partial charge in [0.15, 0.2) is 0 Å². The molecule has 0 unspecified atom stereocenters. The Bertz CT molecular complexity index is 701. The molecule has 2 aromatic rings. The smallest absolute Gasteiger partial charge is 0.247 e. The van der Waals surface area contributed by atoms with Crippen LogP contribution in [0.5, 0.6) is 0 Å². The molecular formula is C17H19N5O. The molecule has 0 saturated carbocycles. The SMILES string of the molecule is CNc1cncc([C@@H]2CCCN2C(=O)/C=C/c2ccncc2)n1. The molecule has 0 radical (unpaired) electrons. The van der Waals surface area contributed by atoms with Crippen LogP contribution in [0.15, 0.2) is 43.0 Å². The van der Waals surface area contributed by atoms with E-state index >= 15 is 0 Å². The molecule has 118 valence electrons. The zero-order chi connectivity index (χ0) is 16.1. The molecule has 6 nitrogen and oxygen atoms in total. The third-order valence-corrected chi connectivity index (χ3v) is 3.91. The third-order valence-electron chi connectivity index (χ3n) is 3.91. The largest absolute Gasteiger partial charge is 0.372 e. The minimum atomic E-state index is -0.00890. The van der Waals surface area contributed by atoms with Crippen molar-refractivity contribution in [1.82, 2.24) is 19.9 Å². The lowest BCUT2D eigenvalue weighted by Crippen LogP contribution is -2.29. The molecule has 1 N–H and O–H groups in total. The number of likely N-dealkylation sites (tertiary alicyclic amines) is 1. The number of aromatic nitrogens is 3. The van der Waals surface area contributed by atoms with E-state index in [9.17, 15) is 4.79 Å². The van der Waals surface area contributed by atoms with Gasteiger partial charge in [-0.05, 0) is 36.6 Å². The Morgan fingerprint density at radius 3 is 2.91 bits per heavy atom. The fraction of sp³-hybridized carbons (Fsp3) is 0.294. The van der Waals surface area contributed by atoms with Crippen molar-refractivity contribution >= 4 is 17.8 Å². The van der Waals surface area contributed by atoms with E-state index in [1.807, 2.05) is 30.2 Å². The van der Waals surface area contributed by atoms with Gasteiger partial charge in [0.2, 0.25) is 5.91 Å². The first kappa shape index (κ1) is 15.1. The number of carbonyl (C=O) groups excluding carboxylic acids is 1. The van der Waals surface area contributed by atoms with E-state index in [4.69, 9.17) is 0 Å². The van der Waals surface area contributed by atoms with Gasteiger partial charge in [-0.15, -0.1) is 0 Å². The van der Waals surface area contributed by atoms with E-state index in [-0.39, 0.29) is 11.9 Å². The molecule has 0 aliphatic carbocycles. The standard InChI is InChI=1S/C17H19N5O/c1-18-16-12-20-11-14(21-16)15-3-2-10-22(15)17(23)5-4-13-6-8-19-9-7-13/h4-9,11-12,15H,2-3,10H2,1H3,(H,18,21)/b5-4+/t15-/m0/s1. The van der Waals surface area contributed by atoms with Gasteiger partial charge in [0.1, 0.15) is 5.82 Å². The molecule has 1 saturated heterocycles. The molecule has 0 aromatic carbocycles. The summed E-state index contributed by atoms with van der Waals surface area (Å²) in [5.74, 6) is 0.718. The summed E-state index contributed by atoms with van der Waals surface area (Å²) in [6.07, 6.45) is 12.2. The molecule has 3 rings (SSSR count). The normalized spacial score (nSPS) is 17.6. The molecule has 23 heavy (non-hydrogen) atoms. The van der Waals surface area contributed by atoms with E-state index < -0.39 is 0 Å². The number of hydrogen-bond acceptors (Lipinski definition) is 5. The predicted octanol–water partition coefficient (Wildman–Crippen LogP) is 2.29. The van der Waals surface area contributed by atoms with Crippen molar-refractivity contribution in [2.24, 2.45) is 0 Å². The Morgan fingerprint density at radius 2 is 2.13 bits per heavy atom. The first-order valence-electron chi connectivity index (χ1n) is 7.66. The Balaban J connectivity index is 1.75. The molecule has 1 amide bonds. The summed E-state index contributed by atoms with van der Waals surface area (Å²) in [4.78, 5) is 27.1. The van der Waals surface area contributed by atoms with Gasteiger partial charge in [0, 0.05) is 32.1 Å². The van der Waals surface area contributed by atoms with Gasteiger partial charge in [-0.25, -0.2) is 4.98 Å². The maximum absolute atomic E-state index is 12.5. The minimum Gasteiger partial charge on any atom is -0.372 e. The van der Waals surface area contributed by atoms with E-state index in [2.05, 4.69) is 20.3 Å². The summed E-state index contributed by atoms with van der Waals surface area (Å²) >= 11 is 0. The van der Waals surface area contributed by atoms with E-state index in [0.717, 1.165) is 30.6 Å². The first-order valence-corrected chi connectivity index (χ1v) is 7.66. The number of carbonyl (C=O) groups is 1. The van der Waals surface area contributed by atoms with E-state index in [1.165, 1.54) is 0 Å². The number of amides is 1. The topological polar surface area (TPSA) is 71.0 Å². The number of anilines is 1. The molecule has 3 heterocycles. The fourth-order valence-corrected chi connectivity index (χ4v) is 2.74. The quantitative estimate of drug-likeness (QED) is 0.877. The van der Waals surface area contributed by atoms with Gasteiger partial charge in [0.05, 0.1) is 24.1 Å². The van der Waals surface area contributed by atoms with Crippen molar-refractivity contribution in [3.8, 4) is 0 Å². The fourth-order valence-electron chi connectivity index (χ4n) is 2.74. The maximum atomic E-state index is 12.5. The first-order chi connectivity index (χ1) is 11.3. The Kier molecular flexibility index (Phi) is 4.61. The zero-order valence-corrected chi connectivity index (χ0v) is 13.0. The lowest BCUT2D eigenvalue weighted by atomic mass is 10.1. The van der Waals surface area contributed by atoms with Crippen LogP contribution in [0.1, 0.15) is 30.1 Å². The van der Waals surface area contributed by atoms with Crippen LogP contribution < -0.4 is 5.32 Å². The second-order valence-electron chi connectivity index (χ2n) is 5.38. The summed E-state index contributed by atoms with van der Waals surface area (Å²) in [6, 6.07) is 3.73. The van der Waals surface area contributed by atoms with Crippen LogP contribution in [0, 0.1) is 0 Å². The second-order valence-corrected chi connectivity index (χ2v) is 5.38. The Hall–Kier alpha value is -2.76. The predicted molar refractivity (Wildman–Crippen MR) is 88.5 cm³/mol. The molecule has 1 aliphatic rings. The summed E-state index contributed by atoms with van der Waals surface area (Å²) in [6.45, 7) is 0.746. The van der Waals surface area contributed by atoms with E-state index in [0.29, 0.717) is 5.82 Å². The van der Waals surface area contributed by atoms with Gasteiger partial charge < -0.3 is 10.2 Å². The lowest BCUT2D eigenvalue weighted by Gasteiger charge is -2.23. The number of pyridine rings is 1.